The maximum absolute atomic E-state index is 13.4. The number of carbonyl (C=O) groups excluding carboxylic acids is 2. The van der Waals surface area contributed by atoms with Crippen molar-refractivity contribution >= 4 is 17.5 Å². The Bertz CT molecular complexity index is 1030. The number of carbonyl (C=O) groups is 2. The molecule has 7 heteroatoms. The van der Waals surface area contributed by atoms with Crippen LogP contribution in [-0.2, 0) is 9.59 Å². The monoisotopic (exact) mass is 476 g/mol. The number of rotatable bonds is 5. The molecule has 5 rings (SSSR count). The number of furan rings is 1. The quantitative estimate of drug-likeness (QED) is 0.642. The van der Waals surface area contributed by atoms with E-state index in [1.165, 1.54) is 18.4 Å². The average molecular weight is 477 g/mol. The number of hydrogen-bond donors (Lipinski definition) is 0. The highest BCUT2D eigenvalue weighted by Crippen LogP contribution is 2.33. The molecule has 2 fully saturated rings. The molecule has 1 atom stereocenters. The fraction of sp³-hybridized carbons (Fsp3) is 0.536. The van der Waals surface area contributed by atoms with Gasteiger partial charge in [0.05, 0.1) is 18.5 Å². The summed E-state index contributed by atoms with van der Waals surface area (Å²) in [5.41, 5.74) is 3.14. The van der Waals surface area contributed by atoms with Crippen LogP contribution in [0.4, 0.5) is 0 Å². The normalized spacial score (nSPS) is 22.2. The van der Waals surface area contributed by atoms with E-state index in [1.54, 1.807) is 11.3 Å². The van der Waals surface area contributed by atoms with Gasteiger partial charge >= 0.3 is 0 Å². The van der Waals surface area contributed by atoms with Gasteiger partial charge in [0.1, 0.15) is 11.8 Å². The number of likely N-dealkylation sites (tertiary alicyclic amines) is 2. The summed E-state index contributed by atoms with van der Waals surface area (Å²) in [6.45, 7) is 5.72. The van der Waals surface area contributed by atoms with E-state index in [4.69, 9.17) is 9.52 Å². The Hall–Kier alpha value is -2.93. The van der Waals surface area contributed by atoms with E-state index in [-0.39, 0.29) is 17.9 Å². The van der Waals surface area contributed by atoms with Crippen LogP contribution in [0.3, 0.4) is 0 Å². The zero-order chi connectivity index (χ0) is 24.2. The molecule has 0 bridgehead atoms. The maximum Gasteiger partial charge on any atom is 0.257 e. The zero-order valence-corrected chi connectivity index (χ0v) is 20.7. The van der Waals surface area contributed by atoms with Crippen molar-refractivity contribution in [3.63, 3.8) is 0 Å². The Morgan fingerprint density at radius 3 is 2.34 bits per heavy atom. The Balaban J connectivity index is 1.21. The van der Waals surface area contributed by atoms with Gasteiger partial charge in [-0.3, -0.25) is 14.5 Å². The summed E-state index contributed by atoms with van der Waals surface area (Å²) >= 11 is 0. The SMILES string of the molecule is Cc1ccc(C2=NN(C(=O)CN3CCC(C(=O)N4CCCCCC4)CC3)[C@H](c3ccco3)C2)cc1. The summed E-state index contributed by atoms with van der Waals surface area (Å²) in [4.78, 5) is 30.7. The summed E-state index contributed by atoms with van der Waals surface area (Å²) in [5, 5.41) is 6.37. The molecule has 0 spiro atoms. The molecule has 3 aliphatic heterocycles. The van der Waals surface area contributed by atoms with Gasteiger partial charge in [0, 0.05) is 25.4 Å². The van der Waals surface area contributed by atoms with E-state index in [2.05, 4.69) is 41.0 Å². The van der Waals surface area contributed by atoms with Crippen molar-refractivity contribution in [3.05, 3.63) is 59.5 Å². The third-order valence-electron chi connectivity index (χ3n) is 7.64. The van der Waals surface area contributed by atoms with Crippen LogP contribution >= 0.6 is 0 Å². The molecule has 1 aromatic heterocycles. The Kier molecular flexibility index (Phi) is 7.32. The first kappa shape index (κ1) is 23.8. The van der Waals surface area contributed by atoms with Crippen LogP contribution in [-0.4, -0.2) is 65.1 Å². The summed E-state index contributed by atoms with van der Waals surface area (Å²) in [6, 6.07) is 11.8. The molecule has 186 valence electrons. The first-order chi connectivity index (χ1) is 17.1. The number of aryl methyl sites for hydroxylation is 1. The Morgan fingerprint density at radius 1 is 0.971 bits per heavy atom. The second kappa shape index (κ2) is 10.8. The topological polar surface area (TPSA) is 69.4 Å². The molecule has 2 saturated heterocycles. The van der Waals surface area contributed by atoms with E-state index in [0.29, 0.717) is 18.9 Å². The summed E-state index contributed by atoms with van der Waals surface area (Å²) in [7, 11) is 0. The molecule has 2 amide bonds. The second-order valence-corrected chi connectivity index (χ2v) is 10.2. The molecule has 2 aromatic rings. The minimum Gasteiger partial charge on any atom is -0.467 e. The highest BCUT2D eigenvalue weighted by atomic mass is 16.3. The number of benzene rings is 1. The predicted octanol–water partition coefficient (Wildman–Crippen LogP) is 4.38. The fourth-order valence-corrected chi connectivity index (χ4v) is 5.51. The molecular weight excluding hydrogens is 440 g/mol. The van der Waals surface area contributed by atoms with Gasteiger partial charge in [-0.05, 0) is 63.4 Å². The van der Waals surface area contributed by atoms with Gasteiger partial charge in [-0.25, -0.2) is 5.01 Å². The van der Waals surface area contributed by atoms with Crippen LogP contribution in [0.15, 0.2) is 52.2 Å². The van der Waals surface area contributed by atoms with Gasteiger partial charge in [-0.2, -0.15) is 5.10 Å². The number of piperidine rings is 1. The standard InChI is InChI=1S/C28H36N4O3/c1-21-8-10-22(11-9-21)24-19-25(26-7-6-18-35-26)32(29-24)27(33)20-30-16-12-23(13-17-30)28(34)31-14-4-2-3-5-15-31/h6-11,18,23,25H,2-5,12-17,19-20H2,1H3/t25-/m0/s1. The van der Waals surface area contributed by atoms with Crippen LogP contribution < -0.4 is 0 Å². The molecule has 0 saturated carbocycles. The molecule has 0 radical (unpaired) electrons. The van der Waals surface area contributed by atoms with Gasteiger partial charge in [0.2, 0.25) is 5.91 Å². The molecule has 1 aromatic carbocycles. The van der Waals surface area contributed by atoms with E-state index in [9.17, 15) is 9.59 Å². The summed E-state index contributed by atoms with van der Waals surface area (Å²) < 4.78 is 5.68. The smallest absolute Gasteiger partial charge is 0.257 e. The molecule has 0 unspecified atom stereocenters. The molecule has 0 aliphatic carbocycles. The molecule has 0 N–H and O–H groups in total. The summed E-state index contributed by atoms with van der Waals surface area (Å²) in [6.07, 6.45) is 8.63. The third-order valence-corrected chi connectivity index (χ3v) is 7.64. The van der Waals surface area contributed by atoms with Crippen LogP contribution in [0.5, 0.6) is 0 Å². The van der Waals surface area contributed by atoms with Crippen LogP contribution in [0.2, 0.25) is 0 Å². The van der Waals surface area contributed by atoms with E-state index >= 15 is 0 Å². The van der Waals surface area contributed by atoms with Crippen molar-refractivity contribution in [2.75, 3.05) is 32.7 Å². The number of hydrogen-bond acceptors (Lipinski definition) is 5. The van der Waals surface area contributed by atoms with Crippen LogP contribution in [0.25, 0.3) is 0 Å². The summed E-state index contributed by atoms with van der Waals surface area (Å²) in [5.74, 6) is 1.15. The van der Waals surface area contributed by atoms with Crippen LogP contribution in [0, 0.1) is 12.8 Å². The van der Waals surface area contributed by atoms with E-state index < -0.39 is 0 Å². The van der Waals surface area contributed by atoms with E-state index in [0.717, 1.165) is 68.9 Å². The number of amides is 2. The van der Waals surface area contributed by atoms with Gasteiger partial charge in [-0.15, -0.1) is 0 Å². The van der Waals surface area contributed by atoms with Crippen molar-refractivity contribution < 1.29 is 14.0 Å². The fourth-order valence-electron chi connectivity index (χ4n) is 5.51. The Morgan fingerprint density at radius 2 is 1.69 bits per heavy atom. The highest BCUT2D eigenvalue weighted by molar-refractivity contribution is 6.03. The predicted molar refractivity (Wildman–Crippen MR) is 135 cm³/mol. The largest absolute Gasteiger partial charge is 0.467 e. The third kappa shape index (κ3) is 5.50. The molecule has 7 nitrogen and oxygen atoms in total. The number of hydrazone groups is 1. The molecular formula is C28H36N4O3. The lowest BCUT2D eigenvalue weighted by Gasteiger charge is -2.34. The molecule has 4 heterocycles. The number of nitrogens with zero attached hydrogens (tertiary/aromatic N) is 4. The first-order valence-corrected chi connectivity index (χ1v) is 13.1. The molecule has 3 aliphatic rings. The van der Waals surface area contributed by atoms with Crippen LogP contribution in [0.1, 0.15) is 67.9 Å². The van der Waals surface area contributed by atoms with Crippen molar-refractivity contribution in [1.82, 2.24) is 14.8 Å². The van der Waals surface area contributed by atoms with Gasteiger partial charge in [-0.1, -0.05) is 42.7 Å². The van der Waals surface area contributed by atoms with Crippen molar-refractivity contribution in [1.29, 1.82) is 0 Å². The minimum atomic E-state index is -0.226. The lowest BCUT2D eigenvalue weighted by molar-refractivity contribution is -0.138. The average Bonchev–Trinajstić information content (AvgIpc) is 3.49. The van der Waals surface area contributed by atoms with Gasteiger partial charge in [0.25, 0.3) is 5.91 Å². The first-order valence-electron chi connectivity index (χ1n) is 13.1. The van der Waals surface area contributed by atoms with Crippen molar-refractivity contribution in [2.24, 2.45) is 11.0 Å². The maximum atomic E-state index is 13.4. The molecule has 35 heavy (non-hydrogen) atoms. The van der Waals surface area contributed by atoms with E-state index in [1.807, 2.05) is 12.1 Å². The zero-order valence-electron chi connectivity index (χ0n) is 20.7. The highest BCUT2D eigenvalue weighted by Gasteiger charge is 2.36. The Labute approximate surface area is 207 Å². The van der Waals surface area contributed by atoms with Gasteiger partial charge in [0.15, 0.2) is 0 Å². The van der Waals surface area contributed by atoms with Crippen molar-refractivity contribution in [3.8, 4) is 0 Å². The lowest BCUT2D eigenvalue weighted by atomic mass is 9.95. The lowest BCUT2D eigenvalue weighted by Crippen LogP contribution is -2.45. The minimum absolute atomic E-state index is 0.0224. The van der Waals surface area contributed by atoms with Gasteiger partial charge < -0.3 is 9.32 Å². The van der Waals surface area contributed by atoms with Crippen molar-refractivity contribution in [2.45, 2.75) is 57.9 Å². The second-order valence-electron chi connectivity index (χ2n) is 10.2.